The molecule has 0 atom stereocenters. The maximum atomic E-state index is 2.93. The normalized spacial score (nSPS) is 7.62. The minimum absolute atomic E-state index is 0. The van der Waals surface area contributed by atoms with Gasteiger partial charge in [0.2, 0.25) is 0 Å². The van der Waals surface area contributed by atoms with Crippen LogP contribution in [0.3, 0.4) is 0 Å². The Labute approximate surface area is 64.2 Å². The van der Waals surface area contributed by atoms with Crippen molar-refractivity contribution in [3.8, 4) is 0 Å². The van der Waals surface area contributed by atoms with E-state index >= 15 is 0 Å². The average molecular weight is 286 g/mol. The summed E-state index contributed by atoms with van der Waals surface area (Å²) in [6, 6.07) is 10.8. The third-order valence-corrected chi connectivity index (χ3v) is 0.885. The maximum absolute atomic E-state index is 2.93. The molecule has 1 aromatic carbocycles. The molecule has 8 heavy (non-hydrogen) atoms. The first kappa shape index (κ1) is 7.91. The van der Waals surface area contributed by atoms with Crippen molar-refractivity contribution in [3.05, 3.63) is 35.9 Å². The zero-order chi connectivity index (χ0) is 5.11. The second-order valence-corrected chi connectivity index (χ2v) is 1.58. The van der Waals surface area contributed by atoms with Crippen LogP contribution in [-0.2, 0) is 21.1 Å². The Morgan fingerprint density at radius 2 is 1.75 bits per heavy atom. The summed E-state index contributed by atoms with van der Waals surface area (Å²) in [5.41, 5.74) is 1.29. The molecule has 0 spiro atoms. The van der Waals surface area contributed by atoms with Gasteiger partial charge in [-0.3, -0.25) is 0 Å². The Morgan fingerprint density at radius 3 is 2.00 bits per heavy atom. The first-order valence-corrected chi connectivity index (χ1v) is 2.32. The number of hydrogen-bond donors (Lipinski definition) is 0. The molecule has 0 aliphatic heterocycles. The van der Waals surface area contributed by atoms with E-state index in [2.05, 4.69) is 13.0 Å². The van der Waals surface area contributed by atoms with Crippen LogP contribution >= 0.6 is 0 Å². The summed E-state index contributed by atoms with van der Waals surface area (Å²) >= 11 is 0. The maximum Gasteiger partial charge on any atom is 0 e. The molecule has 0 fully saturated rings. The minimum Gasteiger partial charge on any atom is -0.184 e. The van der Waals surface area contributed by atoms with Gasteiger partial charge in [-0.2, -0.15) is 35.9 Å². The van der Waals surface area contributed by atoms with Crippen molar-refractivity contribution in [2.75, 3.05) is 0 Å². The van der Waals surface area contributed by atoms with Crippen LogP contribution < -0.4 is 0 Å². The second kappa shape index (κ2) is 3.86. The molecule has 0 aliphatic carbocycles. The zero-order valence-electron chi connectivity index (χ0n) is 4.63. The van der Waals surface area contributed by atoms with Crippen LogP contribution in [-0.4, -0.2) is 0 Å². The van der Waals surface area contributed by atoms with E-state index in [0.29, 0.717) is 0 Å². The molecule has 0 aromatic heterocycles. The number of hydrogen-bond acceptors (Lipinski definition) is 0. The third-order valence-electron chi connectivity index (χ3n) is 0.885. The van der Waals surface area contributed by atoms with Gasteiger partial charge in [0, 0.05) is 21.1 Å². The minimum atomic E-state index is 0. The Kier molecular flexibility index (Phi) is 3.81. The fraction of sp³-hybridized carbons (Fsp3) is 0.143. The molecule has 0 amide bonds. The van der Waals surface area contributed by atoms with Crippen LogP contribution in [0.1, 0.15) is 5.56 Å². The quantitative estimate of drug-likeness (QED) is 0.638. The van der Waals surface area contributed by atoms with Crippen molar-refractivity contribution >= 4 is 0 Å². The van der Waals surface area contributed by atoms with Crippen molar-refractivity contribution in [2.45, 2.75) is 6.92 Å². The monoisotopic (exact) mass is 286 g/mol. The van der Waals surface area contributed by atoms with Gasteiger partial charge in [-0.25, -0.2) is 0 Å². The SMILES string of the molecule is Cc1cc[c-]cc1.[Pt]. The summed E-state index contributed by atoms with van der Waals surface area (Å²) in [6.45, 7) is 2.06. The van der Waals surface area contributed by atoms with E-state index in [4.69, 9.17) is 0 Å². The van der Waals surface area contributed by atoms with Gasteiger partial charge in [-0.05, 0) is 0 Å². The van der Waals surface area contributed by atoms with E-state index in [1.54, 1.807) is 0 Å². The molecular weight excluding hydrogens is 279 g/mol. The third kappa shape index (κ3) is 2.28. The zero-order valence-corrected chi connectivity index (χ0v) is 6.90. The van der Waals surface area contributed by atoms with Crippen LogP contribution in [0.4, 0.5) is 0 Å². The van der Waals surface area contributed by atoms with E-state index < -0.39 is 0 Å². The number of rotatable bonds is 0. The van der Waals surface area contributed by atoms with Crippen LogP contribution in [0.15, 0.2) is 24.3 Å². The van der Waals surface area contributed by atoms with E-state index in [9.17, 15) is 0 Å². The van der Waals surface area contributed by atoms with Gasteiger partial charge in [0.15, 0.2) is 0 Å². The second-order valence-electron chi connectivity index (χ2n) is 1.58. The molecule has 46 valence electrons. The smallest absolute Gasteiger partial charge is 0 e. The van der Waals surface area contributed by atoms with Gasteiger partial charge in [-0.15, -0.1) is 0 Å². The fourth-order valence-corrected chi connectivity index (χ4v) is 0.470. The standard InChI is InChI=1S/C7H7.Pt/c1-7-5-3-2-4-6-7;/h3-6H,1H3;/q-1;. The molecule has 1 heteroatoms. The van der Waals surface area contributed by atoms with Crippen LogP contribution in [0.25, 0.3) is 0 Å². The predicted molar refractivity (Wildman–Crippen MR) is 30.0 cm³/mol. The molecule has 0 heterocycles. The Morgan fingerprint density at radius 1 is 1.25 bits per heavy atom. The molecule has 0 saturated carbocycles. The van der Waals surface area contributed by atoms with Crippen molar-refractivity contribution in [1.82, 2.24) is 0 Å². The van der Waals surface area contributed by atoms with E-state index in [1.807, 2.05) is 24.3 Å². The van der Waals surface area contributed by atoms with Gasteiger partial charge in [-0.1, -0.05) is 6.92 Å². The van der Waals surface area contributed by atoms with Gasteiger partial charge in [0.1, 0.15) is 0 Å². The first-order chi connectivity index (χ1) is 3.39. The summed E-state index contributed by atoms with van der Waals surface area (Å²) in [6.07, 6.45) is 0. The molecule has 0 nitrogen and oxygen atoms in total. The van der Waals surface area contributed by atoms with Crippen LogP contribution in [0, 0.1) is 13.0 Å². The average Bonchev–Trinajstić information content (AvgIpc) is 1.69. The van der Waals surface area contributed by atoms with Gasteiger partial charge in [0.05, 0.1) is 0 Å². The van der Waals surface area contributed by atoms with Crippen LogP contribution in [0.5, 0.6) is 0 Å². The largest absolute Gasteiger partial charge is 0.184 e. The van der Waals surface area contributed by atoms with E-state index in [-0.39, 0.29) is 21.1 Å². The number of benzene rings is 1. The predicted octanol–water partition coefficient (Wildman–Crippen LogP) is 1.79. The summed E-state index contributed by atoms with van der Waals surface area (Å²) in [5.74, 6) is 0. The van der Waals surface area contributed by atoms with Gasteiger partial charge in [0.25, 0.3) is 0 Å². The first-order valence-electron chi connectivity index (χ1n) is 2.32. The van der Waals surface area contributed by atoms with Crippen molar-refractivity contribution < 1.29 is 21.1 Å². The molecule has 0 saturated heterocycles. The van der Waals surface area contributed by atoms with Gasteiger partial charge >= 0.3 is 0 Å². The molecule has 0 bridgehead atoms. The molecule has 1 aromatic rings. The summed E-state index contributed by atoms with van der Waals surface area (Å²) in [5, 5.41) is 0. The molecule has 0 N–H and O–H groups in total. The van der Waals surface area contributed by atoms with E-state index in [0.717, 1.165) is 0 Å². The van der Waals surface area contributed by atoms with Crippen molar-refractivity contribution in [2.24, 2.45) is 0 Å². The topological polar surface area (TPSA) is 0 Å². The molecule has 1 rings (SSSR count). The van der Waals surface area contributed by atoms with Crippen LogP contribution in [0.2, 0.25) is 0 Å². The van der Waals surface area contributed by atoms with E-state index in [1.165, 1.54) is 5.56 Å². The Bertz CT molecular complexity index is 134. The summed E-state index contributed by atoms with van der Waals surface area (Å²) in [7, 11) is 0. The summed E-state index contributed by atoms with van der Waals surface area (Å²) in [4.78, 5) is 0. The van der Waals surface area contributed by atoms with Crippen molar-refractivity contribution in [3.63, 3.8) is 0 Å². The fourth-order valence-electron chi connectivity index (χ4n) is 0.470. The summed E-state index contributed by atoms with van der Waals surface area (Å²) < 4.78 is 0. The Hall–Kier alpha value is -0.0917. The Balaban J connectivity index is 0.000000490. The molecule has 0 unspecified atom stereocenters. The molecule has 0 radical (unpaired) electrons. The number of aryl methyl sites for hydroxylation is 1. The molecular formula is C7H7Pt-. The van der Waals surface area contributed by atoms with Gasteiger partial charge < -0.3 is 0 Å². The molecule has 0 aliphatic rings. The van der Waals surface area contributed by atoms with Crippen molar-refractivity contribution in [1.29, 1.82) is 0 Å².